The summed E-state index contributed by atoms with van der Waals surface area (Å²) in [5.41, 5.74) is -0.0151. The van der Waals surface area contributed by atoms with Crippen LogP contribution in [0.2, 0.25) is 0 Å². The maximum atomic E-state index is 10.8. The van der Waals surface area contributed by atoms with Gasteiger partial charge in [0.1, 0.15) is 0 Å². The third-order valence-corrected chi connectivity index (χ3v) is 2.03. The fourth-order valence-corrected chi connectivity index (χ4v) is 1.33. The molecule has 5 nitrogen and oxygen atoms in total. The molecule has 0 spiro atoms. The summed E-state index contributed by atoms with van der Waals surface area (Å²) in [6, 6.07) is 2.98. The molecule has 0 saturated heterocycles. The van der Waals surface area contributed by atoms with Gasteiger partial charge in [-0.3, -0.25) is 10.1 Å². The van der Waals surface area contributed by atoms with Crippen LogP contribution in [-0.4, -0.2) is 9.91 Å². The molecule has 0 radical (unpaired) electrons. The summed E-state index contributed by atoms with van der Waals surface area (Å²) in [5.74, 6) is 0.309. The molecule has 0 N–H and O–H groups in total. The van der Waals surface area contributed by atoms with Crippen LogP contribution in [0.25, 0.3) is 0 Å². The van der Waals surface area contributed by atoms with E-state index in [9.17, 15) is 10.1 Å². The summed E-state index contributed by atoms with van der Waals surface area (Å²) in [4.78, 5) is 16.0. The Bertz CT molecular complexity index is 476. The minimum absolute atomic E-state index is 0.0151. The van der Waals surface area contributed by atoms with Crippen LogP contribution in [0.1, 0.15) is 0 Å². The van der Waals surface area contributed by atoms with Crippen LogP contribution >= 0.6 is 0 Å². The maximum absolute atomic E-state index is 10.8. The third kappa shape index (κ3) is 1.98. The highest BCUT2D eigenvalue weighted by Crippen LogP contribution is 2.25. The van der Waals surface area contributed by atoms with Crippen LogP contribution in [0.4, 0.5) is 11.5 Å². The Kier molecular flexibility index (Phi) is 2.77. The Hall–Kier alpha value is -2.43. The van der Waals surface area contributed by atoms with E-state index in [-0.39, 0.29) is 5.69 Å². The highest BCUT2D eigenvalue weighted by atomic mass is 16.6. The summed E-state index contributed by atoms with van der Waals surface area (Å²) in [6.45, 7) is 0. The van der Waals surface area contributed by atoms with Crippen molar-refractivity contribution in [1.29, 1.82) is 0 Å². The topological polar surface area (TPSA) is 59.3 Å². The van der Waals surface area contributed by atoms with E-state index in [0.29, 0.717) is 5.82 Å². The van der Waals surface area contributed by atoms with Crippen molar-refractivity contribution in [1.82, 2.24) is 4.98 Å². The van der Waals surface area contributed by atoms with Crippen molar-refractivity contribution >= 4 is 11.5 Å². The lowest BCUT2D eigenvalue weighted by atomic mass is 10.3. The molecule has 1 aliphatic heterocycles. The molecule has 80 valence electrons. The molecule has 0 unspecified atom stereocenters. The van der Waals surface area contributed by atoms with Gasteiger partial charge in [0, 0.05) is 24.7 Å². The molecular weight excluding hydrogens is 206 g/mol. The van der Waals surface area contributed by atoms with Crippen molar-refractivity contribution in [3.8, 4) is 0 Å². The van der Waals surface area contributed by atoms with E-state index in [2.05, 4.69) is 4.98 Å². The monoisotopic (exact) mass is 215 g/mol. The molecule has 0 aromatic carbocycles. The van der Waals surface area contributed by atoms with Crippen LogP contribution < -0.4 is 4.90 Å². The molecule has 16 heavy (non-hydrogen) atoms. The summed E-state index contributed by atoms with van der Waals surface area (Å²) >= 11 is 0. The van der Waals surface area contributed by atoms with Gasteiger partial charge in [-0.05, 0) is 18.2 Å². The van der Waals surface area contributed by atoms with Gasteiger partial charge < -0.3 is 4.90 Å². The minimum Gasteiger partial charge on any atom is -0.303 e. The van der Waals surface area contributed by atoms with Gasteiger partial charge in [-0.15, -0.1) is 0 Å². The second kappa shape index (κ2) is 4.39. The predicted octanol–water partition coefficient (Wildman–Crippen LogP) is 2.39. The number of hydrogen-bond acceptors (Lipinski definition) is 4. The molecular formula is C11H9N3O2. The molecule has 1 aliphatic rings. The lowest BCUT2D eigenvalue weighted by Gasteiger charge is -2.12. The van der Waals surface area contributed by atoms with E-state index in [1.165, 1.54) is 12.3 Å². The number of nitro groups is 1. The number of anilines is 1. The summed E-state index contributed by atoms with van der Waals surface area (Å²) in [7, 11) is 0. The SMILES string of the molecule is O=[N+]([O-])c1cccnc1N1C=CC=CC=C1. The molecule has 0 amide bonds. The lowest BCUT2D eigenvalue weighted by Crippen LogP contribution is -2.10. The first-order valence-corrected chi connectivity index (χ1v) is 4.68. The summed E-state index contributed by atoms with van der Waals surface area (Å²) < 4.78 is 0. The van der Waals surface area contributed by atoms with Crippen molar-refractivity contribution in [3.63, 3.8) is 0 Å². The van der Waals surface area contributed by atoms with Crippen LogP contribution in [0.3, 0.4) is 0 Å². The second-order valence-electron chi connectivity index (χ2n) is 3.08. The van der Waals surface area contributed by atoms with Crippen LogP contribution in [0.15, 0.2) is 55.0 Å². The largest absolute Gasteiger partial charge is 0.312 e. The van der Waals surface area contributed by atoms with E-state index < -0.39 is 4.92 Å². The Morgan fingerprint density at radius 1 is 1.19 bits per heavy atom. The maximum Gasteiger partial charge on any atom is 0.312 e. The fraction of sp³-hybridized carbons (Fsp3) is 0. The van der Waals surface area contributed by atoms with Gasteiger partial charge in [-0.2, -0.15) is 0 Å². The molecule has 2 heterocycles. The molecule has 0 bridgehead atoms. The molecule has 0 atom stereocenters. The molecule has 1 aromatic rings. The van der Waals surface area contributed by atoms with E-state index >= 15 is 0 Å². The van der Waals surface area contributed by atoms with Gasteiger partial charge in [0.25, 0.3) is 0 Å². The van der Waals surface area contributed by atoms with E-state index in [4.69, 9.17) is 0 Å². The predicted molar refractivity (Wildman–Crippen MR) is 60.8 cm³/mol. The Morgan fingerprint density at radius 3 is 2.50 bits per heavy atom. The van der Waals surface area contributed by atoms with Crippen LogP contribution in [0, 0.1) is 10.1 Å². The smallest absolute Gasteiger partial charge is 0.303 e. The van der Waals surface area contributed by atoms with Gasteiger partial charge in [-0.1, -0.05) is 12.2 Å². The first kappa shape index (κ1) is 10.1. The van der Waals surface area contributed by atoms with Crippen LogP contribution in [-0.2, 0) is 0 Å². The van der Waals surface area contributed by atoms with Crippen molar-refractivity contribution in [3.05, 3.63) is 65.1 Å². The zero-order valence-corrected chi connectivity index (χ0v) is 8.35. The molecule has 2 rings (SSSR count). The number of pyridine rings is 1. The lowest BCUT2D eigenvalue weighted by molar-refractivity contribution is -0.384. The van der Waals surface area contributed by atoms with E-state index in [1.807, 2.05) is 12.2 Å². The number of rotatable bonds is 2. The Labute approximate surface area is 92.2 Å². The van der Waals surface area contributed by atoms with E-state index in [1.54, 1.807) is 35.5 Å². The highest BCUT2D eigenvalue weighted by Gasteiger charge is 2.17. The van der Waals surface area contributed by atoms with Gasteiger partial charge in [0.05, 0.1) is 4.92 Å². The molecule has 0 aliphatic carbocycles. The average Bonchev–Trinajstić information content (AvgIpc) is 2.57. The minimum atomic E-state index is -0.442. The number of nitrogens with zero attached hydrogens (tertiary/aromatic N) is 3. The molecule has 5 heteroatoms. The molecule has 0 fully saturated rings. The zero-order valence-electron chi connectivity index (χ0n) is 8.35. The fourth-order valence-electron chi connectivity index (χ4n) is 1.33. The number of hydrogen-bond donors (Lipinski definition) is 0. The molecule has 0 saturated carbocycles. The van der Waals surface area contributed by atoms with Crippen LogP contribution in [0.5, 0.6) is 0 Å². The van der Waals surface area contributed by atoms with Crippen molar-refractivity contribution in [2.24, 2.45) is 0 Å². The first-order chi connectivity index (χ1) is 7.79. The van der Waals surface area contributed by atoms with E-state index in [0.717, 1.165) is 0 Å². The number of aromatic nitrogens is 1. The quantitative estimate of drug-likeness (QED) is 0.561. The van der Waals surface area contributed by atoms with Gasteiger partial charge in [0.15, 0.2) is 0 Å². The van der Waals surface area contributed by atoms with Crippen molar-refractivity contribution < 1.29 is 4.92 Å². The molecule has 1 aromatic heterocycles. The zero-order chi connectivity index (χ0) is 11.4. The highest BCUT2D eigenvalue weighted by molar-refractivity contribution is 5.61. The average molecular weight is 215 g/mol. The van der Waals surface area contributed by atoms with Crippen molar-refractivity contribution in [2.75, 3.05) is 4.90 Å². The van der Waals surface area contributed by atoms with Gasteiger partial charge in [-0.25, -0.2) is 4.98 Å². The first-order valence-electron chi connectivity index (χ1n) is 4.68. The normalized spacial score (nSPS) is 13.9. The van der Waals surface area contributed by atoms with Crippen molar-refractivity contribution in [2.45, 2.75) is 0 Å². The third-order valence-electron chi connectivity index (χ3n) is 2.03. The summed E-state index contributed by atoms with van der Waals surface area (Å²) in [5, 5.41) is 10.8. The standard InChI is InChI=1S/C11H9N3O2/c15-14(16)10-6-5-7-12-11(10)13-8-3-1-2-4-9-13/h1-9H. The second-order valence-corrected chi connectivity index (χ2v) is 3.08. The van der Waals surface area contributed by atoms with Gasteiger partial charge >= 0.3 is 5.69 Å². The number of allylic oxidation sites excluding steroid dienone is 4. The van der Waals surface area contributed by atoms with Gasteiger partial charge in [0.2, 0.25) is 5.82 Å². The Balaban J connectivity index is 2.43. The Morgan fingerprint density at radius 2 is 1.88 bits per heavy atom. The summed E-state index contributed by atoms with van der Waals surface area (Å²) in [6.07, 6.45) is 12.2.